The molecular weight excluding hydrogens is 488 g/mol. The summed E-state index contributed by atoms with van der Waals surface area (Å²) in [5, 5.41) is 9.48. The molecule has 5 heteroatoms. The molecule has 0 bridgehead atoms. The topological polar surface area (TPSA) is 72.8 Å². The van der Waals surface area contributed by atoms with E-state index in [-0.39, 0.29) is 25.2 Å². The summed E-state index contributed by atoms with van der Waals surface area (Å²) in [5.74, 6) is 0.190. The van der Waals surface area contributed by atoms with Crippen molar-refractivity contribution in [2.24, 2.45) is 5.92 Å². The molecule has 0 aliphatic heterocycles. The second kappa shape index (κ2) is 29.9. The molecule has 0 aliphatic carbocycles. The molecule has 0 saturated carbocycles. The number of ether oxygens (including phenoxy) is 2. The van der Waals surface area contributed by atoms with E-state index in [9.17, 15) is 14.7 Å². The number of aliphatic hydroxyl groups is 1. The quantitative estimate of drug-likeness (QED) is 0.0706. The van der Waals surface area contributed by atoms with Gasteiger partial charge in [-0.3, -0.25) is 9.59 Å². The first-order chi connectivity index (χ1) is 19.0. The minimum atomic E-state index is -0.761. The Morgan fingerprint density at radius 3 is 1.36 bits per heavy atom. The van der Waals surface area contributed by atoms with Crippen LogP contribution in [0.5, 0.6) is 0 Å². The lowest BCUT2D eigenvalue weighted by molar-refractivity contribution is -0.161. The fourth-order valence-electron chi connectivity index (χ4n) is 4.97. The summed E-state index contributed by atoms with van der Waals surface area (Å²) in [7, 11) is 0. The third kappa shape index (κ3) is 29.7. The third-order valence-corrected chi connectivity index (χ3v) is 7.58. The number of unbranched alkanes of at least 4 members (excludes halogenated alkanes) is 20. The van der Waals surface area contributed by atoms with Gasteiger partial charge in [-0.15, -0.1) is 0 Å². The maximum Gasteiger partial charge on any atom is 0.306 e. The van der Waals surface area contributed by atoms with E-state index < -0.39 is 6.10 Å². The Kier molecular flexibility index (Phi) is 29.0. The van der Waals surface area contributed by atoms with Crippen molar-refractivity contribution in [3.05, 3.63) is 0 Å². The minimum absolute atomic E-state index is 0.0603. The van der Waals surface area contributed by atoms with Gasteiger partial charge in [-0.1, -0.05) is 156 Å². The van der Waals surface area contributed by atoms with Crippen LogP contribution in [0.3, 0.4) is 0 Å². The van der Waals surface area contributed by atoms with Crippen molar-refractivity contribution in [1.29, 1.82) is 0 Å². The Morgan fingerprint density at radius 1 is 0.564 bits per heavy atom. The molecule has 0 rings (SSSR count). The van der Waals surface area contributed by atoms with E-state index in [4.69, 9.17) is 9.47 Å². The van der Waals surface area contributed by atoms with Crippen LogP contribution in [0.4, 0.5) is 0 Å². The maximum atomic E-state index is 12.1. The number of rotatable bonds is 30. The monoisotopic (exact) mass is 554 g/mol. The first kappa shape index (κ1) is 37.9. The molecule has 1 N–H and O–H groups in total. The van der Waals surface area contributed by atoms with Gasteiger partial charge in [-0.2, -0.15) is 0 Å². The highest BCUT2D eigenvalue weighted by atomic mass is 16.6. The van der Waals surface area contributed by atoms with Crippen LogP contribution in [0.1, 0.15) is 181 Å². The van der Waals surface area contributed by atoms with E-state index in [0.717, 1.165) is 44.4 Å². The van der Waals surface area contributed by atoms with E-state index >= 15 is 0 Å². The molecule has 0 heterocycles. The molecule has 0 aromatic rings. The number of carbonyl (C=O) groups excluding carboxylic acids is 2. The van der Waals surface area contributed by atoms with Gasteiger partial charge in [0.2, 0.25) is 0 Å². The van der Waals surface area contributed by atoms with Crippen molar-refractivity contribution >= 4 is 11.9 Å². The molecular formula is C34H66O5. The fraction of sp³-hybridized carbons (Fsp3) is 0.941. The van der Waals surface area contributed by atoms with Gasteiger partial charge in [0.05, 0.1) is 6.61 Å². The van der Waals surface area contributed by atoms with E-state index in [1.54, 1.807) is 0 Å². The van der Waals surface area contributed by atoms with E-state index in [2.05, 4.69) is 20.8 Å². The zero-order valence-corrected chi connectivity index (χ0v) is 26.3. The highest BCUT2D eigenvalue weighted by Gasteiger charge is 2.16. The van der Waals surface area contributed by atoms with Crippen LogP contribution in [-0.4, -0.2) is 36.4 Å². The number of hydrogen-bond acceptors (Lipinski definition) is 5. The molecule has 0 radical (unpaired) electrons. The van der Waals surface area contributed by atoms with Crippen LogP contribution in [0, 0.1) is 5.92 Å². The summed E-state index contributed by atoms with van der Waals surface area (Å²) >= 11 is 0. The normalized spacial score (nSPS) is 12.1. The second-order valence-corrected chi connectivity index (χ2v) is 12.1. The third-order valence-electron chi connectivity index (χ3n) is 7.58. The lowest BCUT2D eigenvalue weighted by Gasteiger charge is -2.15. The first-order valence-corrected chi connectivity index (χ1v) is 17.0. The highest BCUT2D eigenvalue weighted by Crippen LogP contribution is 2.15. The Balaban J connectivity index is 3.52. The van der Waals surface area contributed by atoms with Gasteiger partial charge in [0.25, 0.3) is 0 Å². The molecule has 39 heavy (non-hydrogen) atoms. The second-order valence-electron chi connectivity index (χ2n) is 12.1. The van der Waals surface area contributed by atoms with E-state index in [1.807, 2.05) is 0 Å². The highest BCUT2D eigenvalue weighted by molar-refractivity contribution is 5.70. The van der Waals surface area contributed by atoms with Crippen molar-refractivity contribution in [3.63, 3.8) is 0 Å². The summed E-state index contributed by atoms with van der Waals surface area (Å²) in [4.78, 5) is 24.0. The van der Waals surface area contributed by atoms with Gasteiger partial charge in [-0.05, 0) is 18.8 Å². The molecule has 0 aromatic heterocycles. The molecule has 232 valence electrons. The van der Waals surface area contributed by atoms with Crippen molar-refractivity contribution in [2.45, 2.75) is 187 Å². The molecule has 0 saturated heterocycles. The number of esters is 2. The predicted molar refractivity (Wildman–Crippen MR) is 164 cm³/mol. The summed E-state index contributed by atoms with van der Waals surface area (Å²) in [6, 6.07) is 0. The van der Waals surface area contributed by atoms with Crippen molar-refractivity contribution in [2.75, 3.05) is 13.2 Å². The van der Waals surface area contributed by atoms with Crippen LogP contribution in [0.25, 0.3) is 0 Å². The molecule has 0 aromatic carbocycles. The molecule has 5 nitrogen and oxygen atoms in total. The van der Waals surface area contributed by atoms with Gasteiger partial charge in [0, 0.05) is 12.8 Å². The van der Waals surface area contributed by atoms with E-state index in [1.165, 1.54) is 109 Å². The van der Waals surface area contributed by atoms with Crippen LogP contribution in [-0.2, 0) is 19.1 Å². The maximum absolute atomic E-state index is 12.1. The minimum Gasteiger partial charge on any atom is -0.462 e. The number of hydrogen-bond donors (Lipinski definition) is 1. The number of carbonyl (C=O) groups is 2. The van der Waals surface area contributed by atoms with Gasteiger partial charge in [0.1, 0.15) is 6.61 Å². The lowest BCUT2D eigenvalue weighted by atomic mass is 10.0. The van der Waals surface area contributed by atoms with Crippen LogP contribution < -0.4 is 0 Å². The Bertz CT molecular complexity index is 534. The van der Waals surface area contributed by atoms with E-state index in [0.29, 0.717) is 12.8 Å². The van der Waals surface area contributed by atoms with Gasteiger partial charge in [-0.25, -0.2) is 0 Å². The molecule has 1 atom stereocenters. The molecule has 0 fully saturated rings. The fourth-order valence-corrected chi connectivity index (χ4v) is 4.97. The molecule has 0 aliphatic rings. The van der Waals surface area contributed by atoms with Gasteiger partial charge in [0.15, 0.2) is 6.10 Å². The molecule has 0 unspecified atom stereocenters. The standard InChI is InChI=1S/C34H66O5/c1-4-5-6-7-8-9-10-11-12-13-14-15-16-17-22-25-28-34(37)39-32(29-35)30-38-33(36)27-24-21-19-18-20-23-26-31(2)3/h31-32,35H,4-30H2,1-3H3/t32-/m0/s1. The Hall–Kier alpha value is -1.10. The zero-order valence-electron chi connectivity index (χ0n) is 26.3. The Labute approximate surface area is 242 Å². The summed E-state index contributed by atoms with van der Waals surface area (Å²) in [6.07, 6.45) is 28.8. The molecule has 0 spiro atoms. The lowest BCUT2D eigenvalue weighted by Crippen LogP contribution is -2.28. The zero-order chi connectivity index (χ0) is 28.8. The smallest absolute Gasteiger partial charge is 0.306 e. The van der Waals surface area contributed by atoms with Crippen LogP contribution >= 0.6 is 0 Å². The summed E-state index contributed by atoms with van der Waals surface area (Å²) in [5.41, 5.74) is 0. The largest absolute Gasteiger partial charge is 0.462 e. The van der Waals surface area contributed by atoms with Crippen molar-refractivity contribution < 1.29 is 24.2 Å². The Morgan fingerprint density at radius 2 is 0.949 bits per heavy atom. The predicted octanol–water partition coefficient (Wildman–Crippen LogP) is 9.86. The van der Waals surface area contributed by atoms with Crippen molar-refractivity contribution in [3.8, 4) is 0 Å². The van der Waals surface area contributed by atoms with Crippen LogP contribution in [0.15, 0.2) is 0 Å². The SMILES string of the molecule is CCCCCCCCCCCCCCCCCCC(=O)O[C@@H](CO)COC(=O)CCCCCCCCC(C)C. The van der Waals surface area contributed by atoms with Gasteiger partial charge < -0.3 is 14.6 Å². The average molecular weight is 555 g/mol. The number of aliphatic hydroxyl groups excluding tert-OH is 1. The summed E-state index contributed by atoms with van der Waals surface area (Å²) in [6.45, 7) is 6.41. The van der Waals surface area contributed by atoms with Gasteiger partial charge >= 0.3 is 11.9 Å². The van der Waals surface area contributed by atoms with Crippen molar-refractivity contribution in [1.82, 2.24) is 0 Å². The summed E-state index contributed by atoms with van der Waals surface area (Å²) < 4.78 is 10.5. The average Bonchev–Trinajstić information content (AvgIpc) is 2.92. The first-order valence-electron chi connectivity index (χ1n) is 17.0. The van der Waals surface area contributed by atoms with Crippen LogP contribution in [0.2, 0.25) is 0 Å². The molecule has 0 amide bonds.